The van der Waals surface area contributed by atoms with Gasteiger partial charge in [-0.3, -0.25) is 4.79 Å². The molecule has 1 atom stereocenters. The maximum atomic E-state index is 12.0. The van der Waals surface area contributed by atoms with Gasteiger partial charge in [0.25, 0.3) is 0 Å². The van der Waals surface area contributed by atoms with Crippen LogP contribution in [-0.4, -0.2) is 62.7 Å². The van der Waals surface area contributed by atoms with E-state index < -0.39 is 22.0 Å². The van der Waals surface area contributed by atoms with Crippen molar-refractivity contribution in [3.8, 4) is 0 Å². The SMILES string of the molecule is COC(=O)[C@@H](N)CCN(CCCCc1ccc2c(n1)NCCC2)S(C)(=O)=O. The first-order valence-corrected chi connectivity index (χ1v) is 11.2. The lowest BCUT2D eigenvalue weighted by Crippen LogP contribution is -2.38. The second-order valence-corrected chi connectivity index (χ2v) is 8.86. The predicted molar refractivity (Wildman–Crippen MR) is 105 cm³/mol. The van der Waals surface area contributed by atoms with Crippen molar-refractivity contribution in [1.82, 2.24) is 9.29 Å². The Morgan fingerprint density at radius 3 is 2.85 bits per heavy atom. The Labute approximate surface area is 161 Å². The second-order valence-electron chi connectivity index (χ2n) is 6.88. The summed E-state index contributed by atoms with van der Waals surface area (Å²) in [4.78, 5) is 16.0. The summed E-state index contributed by atoms with van der Waals surface area (Å²) in [5.41, 5.74) is 7.97. The summed E-state index contributed by atoms with van der Waals surface area (Å²) < 4.78 is 29.9. The van der Waals surface area contributed by atoms with Gasteiger partial charge in [-0.2, -0.15) is 0 Å². The molecule has 1 aliphatic rings. The summed E-state index contributed by atoms with van der Waals surface area (Å²) in [7, 11) is -2.09. The number of aryl methyl sites for hydroxylation is 2. The van der Waals surface area contributed by atoms with E-state index in [9.17, 15) is 13.2 Å². The van der Waals surface area contributed by atoms with Gasteiger partial charge >= 0.3 is 5.97 Å². The van der Waals surface area contributed by atoms with Crippen molar-refractivity contribution in [3.05, 3.63) is 23.4 Å². The molecule has 0 unspecified atom stereocenters. The number of ether oxygens (including phenoxy) is 1. The van der Waals surface area contributed by atoms with Gasteiger partial charge in [0.1, 0.15) is 11.9 Å². The maximum Gasteiger partial charge on any atom is 0.322 e. The van der Waals surface area contributed by atoms with Crippen molar-refractivity contribution in [3.63, 3.8) is 0 Å². The third-order valence-electron chi connectivity index (χ3n) is 4.70. The smallest absolute Gasteiger partial charge is 0.322 e. The summed E-state index contributed by atoms with van der Waals surface area (Å²) in [6.45, 7) is 1.56. The Balaban J connectivity index is 1.80. The molecule has 0 spiro atoms. The van der Waals surface area contributed by atoms with Gasteiger partial charge in [0.05, 0.1) is 13.4 Å². The summed E-state index contributed by atoms with van der Waals surface area (Å²) >= 11 is 0. The van der Waals surface area contributed by atoms with Crippen molar-refractivity contribution >= 4 is 21.8 Å². The molecule has 0 saturated heterocycles. The monoisotopic (exact) mass is 398 g/mol. The number of unbranched alkanes of at least 4 members (excludes halogenated alkanes) is 1. The van der Waals surface area contributed by atoms with Crippen molar-refractivity contribution in [2.75, 3.05) is 38.3 Å². The minimum Gasteiger partial charge on any atom is -0.468 e. The Bertz CT molecular complexity index is 739. The molecule has 27 heavy (non-hydrogen) atoms. The van der Waals surface area contributed by atoms with Crippen molar-refractivity contribution in [1.29, 1.82) is 0 Å². The van der Waals surface area contributed by atoms with E-state index in [1.54, 1.807) is 0 Å². The molecule has 8 nitrogen and oxygen atoms in total. The van der Waals surface area contributed by atoms with Crippen LogP contribution in [0.5, 0.6) is 0 Å². The zero-order valence-electron chi connectivity index (χ0n) is 16.1. The number of pyridine rings is 1. The summed E-state index contributed by atoms with van der Waals surface area (Å²) in [6.07, 6.45) is 5.95. The fourth-order valence-corrected chi connectivity index (χ4v) is 4.00. The first-order valence-electron chi connectivity index (χ1n) is 9.32. The molecule has 0 saturated carbocycles. The lowest BCUT2D eigenvalue weighted by Gasteiger charge is -2.21. The topological polar surface area (TPSA) is 115 Å². The summed E-state index contributed by atoms with van der Waals surface area (Å²) in [5, 5.41) is 3.32. The molecule has 1 aromatic rings. The first-order chi connectivity index (χ1) is 12.8. The van der Waals surface area contributed by atoms with E-state index in [0.29, 0.717) is 13.0 Å². The van der Waals surface area contributed by atoms with Gasteiger partial charge in [-0.1, -0.05) is 6.07 Å². The van der Waals surface area contributed by atoms with E-state index >= 15 is 0 Å². The van der Waals surface area contributed by atoms with Crippen LogP contribution in [0.2, 0.25) is 0 Å². The van der Waals surface area contributed by atoms with E-state index in [1.807, 2.05) is 0 Å². The van der Waals surface area contributed by atoms with Crippen LogP contribution in [0.15, 0.2) is 12.1 Å². The average Bonchev–Trinajstić information content (AvgIpc) is 2.65. The second kappa shape index (κ2) is 10.0. The quantitative estimate of drug-likeness (QED) is 0.445. The Hall–Kier alpha value is -1.71. The number of hydrogen-bond donors (Lipinski definition) is 2. The molecular formula is C18H30N4O4S. The lowest BCUT2D eigenvalue weighted by atomic mass is 10.1. The third-order valence-corrected chi connectivity index (χ3v) is 6.01. The molecule has 2 heterocycles. The number of sulfonamides is 1. The number of hydrogen-bond acceptors (Lipinski definition) is 7. The van der Waals surface area contributed by atoms with Gasteiger partial charge in [0.2, 0.25) is 10.0 Å². The number of carbonyl (C=O) groups excluding carboxylic acids is 1. The summed E-state index contributed by atoms with van der Waals surface area (Å²) in [6, 6.07) is 3.36. The fourth-order valence-electron chi connectivity index (χ4n) is 3.10. The molecule has 0 amide bonds. The van der Waals surface area contributed by atoms with Gasteiger partial charge in [0, 0.05) is 25.3 Å². The van der Waals surface area contributed by atoms with Crippen LogP contribution in [0.3, 0.4) is 0 Å². The number of carbonyl (C=O) groups is 1. The molecule has 0 aromatic carbocycles. The van der Waals surface area contributed by atoms with Gasteiger partial charge in [-0.15, -0.1) is 0 Å². The van der Waals surface area contributed by atoms with Crippen LogP contribution in [-0.2, 0) is 32.4 Å². The molecule has 0 fully saturated rings. The number of methoxy groups -OCH3 is 1. The highest BCUT2D eigenvalue weighted by atomic mass is 32.2. The van der Waals surface area contributed by atoms with Crippen LogP contribution in [0.4, 0.5) is 5.82 Å². The average molecular weight is 399 g/mol. The molecule has 1 aliphatic heterocycles. The lowest BCUT2D eigenvalue weighted by molar-refractivity contribution is -0.142. The zero-order valence-corrected chi connectivity index (χ0v) is 16.9. The van der Waals surface area contributed by atoms with E-state index in [1.165, 1.54) is 23.2 Å². The Morgan fingerprint density at radius 1 is 1.37 bits per heavy atom. The highest BCUT2D eigenvalue weighted by molar-refractivity contribution is 7.88. The molecule has 3 N–H and O–H groups in total. The Morgan fingerprint density at radius 2 is 2.15 bits per heavy atom. The molecule has 152 valence electrons. The number of nitrogens with one attached hydrogen (secondary N) is 1. The molecule has 0 bridgehead atoms. The number of rotatable bonds is 10. The van der Waals surface area contributed by atoms with E-state index in [4.69, 9.17) is 5.73 Å². The van der Waals surface area contributed by atoms with Crippen molar-refractivity contribution < 1.29 is 17.9 Å². The summed E-state index contributed by atoms with van der Waals surface area (Å²) in [5.74, 6) is 0.448. The highest BCUT2D eigenvalue weighted by Gasteiger charge is 2.20. The van der Waals surface area contributed by atoms with Crippen molar-refractivity contribution in [2.24, 2.45) is 5.73 Å². The van der Waals surface area contributed by atoms with E-state index in [2.05, 4.69) is 27.2 Å². The fraction of sp³-hybridized carbons (Fsp3) is 0.667. The number of fused-ring (bicyclic) bond motifs is 1. The first kappa shape index (κ1) is 21.6. The van der Waals surface area contributed by atoms with Crippen LogP contribution < -0.4 is 11.1 Å². The third kappa shape index (κ3) is 6.75. The minimum absolute atomic E-state index is 0.204. The maximum absolute atomic E-state index is 12.0. The molecule has 1 aromatic heterocycles. The van der Waals surface area contributed by atoms with Gasteiger partial charge in [-0.25, -0.2) is 17.7 Å². The van der Waals surface area contributed by atoms with E-state index in [0.717, 1.165) is 43.7 Å². The number of aromatic nitrogens is 1. The van der Waals surface area contributed by atoms with Crippen LogP contribution >= 0.6 is 0 Å². The number of nitrogens with two attached hydrogens (primary N) is 1. The number of esters is 1. The molecule has 2 rings (SSSR count). The van der Waals surface area contributed by atoms with Crippen molar-refractivity contribution in [2.45, 2.75) is 44.6 Å². The largest absolute Gasteiger partial charge is 0.468 e. The minimum atomic E-state index is -3.35. The molecule has 0 aliphatic carbocycles. The molecule has 0 radical (unpaired) electrons. The standard InChI is InChI=1S/C18H30N4O4S/c1-26-18(23)16(19)10-13-22(27(2,24)25)12-4-3-7-15-9-8-14-6-5-11-20-17(14)21-15/h8-9,16H,3-7,10-13,19H2,1-2H3,(H,20,21)/t16-/m0/s1. The van der Waals surface area contributed by atoms with E-state index in [-0.39, 0.29) is 13.0 Å². The van der Waals surface area contributed by atoms with Crippen LogP contribution in [0.1, 0.15) is 36.9 Å². The van der Waals surface area contributed by atoms with Gasteiger partial charge < -0.3 is 15.8 Å². The zero-order chi connectivity index (χ0) is 19.9. The predicted octanol–water partition coefficient (Wildman–Crippen LogP) is 0.914. The molecular weight excluding hydrogens is 368 g/mol. The van der Waals surface area contributed by atoms with Crippen LogP contribution in [0, 0.1) is 0 Å². The van der Waals surface area contributed by atoms with Gasteiger partial charge in [0.15, 0.2) is 0 Å². The number of nitrogens with zero attached hydrogens (tertiary/aromatic N) is 2. The normalized spacial score (nSPS) is 15.1. The van der Waals surface area contributed by atoms with Gasteiger partial charge in [-0.05, 0) is 50.2 Å². The highest BCUT2D eigenvalue weighted by Crippen LogP contribution is 2.20. The Kier molecular flexibility index (Phi) is 8.00. The molecule has 9 heteroatoms. The number of anilines is 1. The van der Waals surface area contributed by atoms with Crippen LogP contribution in [0.25, 0.3) is 0 Å².